The molecule has 2 rings (SSSR count). The number of hydrogen-bond donors (Lipinski definition) is 2. The number of nitrogens with one attached hydrogen (secondary N) is 1. The Kier molecular flexibility index (Phi) is 1.37. The van der Waals surface area contributed by atoms with E-state index in [0.717, 1.165) is 10.9 Å². The predicted molar refractivity (Wildman–Crippen MR) is 46.8 cm³/mol. The van der Waals surface area contributed by atoms with Crippen LogP contribution in [0.15, 0.2) is 30.5 Å². The van der Waals surface area contributed by atoms with Gasteiger partial charge in [-0.25, -0.2) is 0 Å². The Morgan fingerprint density at radius 3 is 2.92 bits per heavy atom. The summed E-state index contributed by atoms with van der Waals surface area (Å²) in [6.07, 6.45) is 1.83. The van der Waals surface area contributed by atoms with Crippen LogP contribution < -0.4 is 5.73 Å². The molecule has 0 aliphatic rings. The summed E-state index contributed by atoms with van der Waals surface area (Å²) in [4.78, 5) is 13.8. The molecular formula is C9H8N2O. The quantitative estimate of drug-likeness (QED) is 0.648. The molecule has 3 nitrogen and oxygen atoms in total. The molecule has 0 aliphatic heterocycles. The zero-order valence-electron chi connectivity index (χ0n) is 6.37. The highest BCUT2D eigenvalue weighted by molar-refractivity contribution is 5.96. The summed E-state index contributed by atoms with van der Waals surface area (Å²) in [6, 6.07) is 7.28. The van der Waals surface area contributed by atoms with Gasteiger partial charge in [0.15, 0.2) is 0 Å². The smallest absolute Gasteiger partial charge is 0.248 e. The largest absolute Gasteiger partial charge is 0.366 e. The van der Waals surface area contributed by atoms with Gasteiger partial charge in [-0.15, -0.1) is 0 Å². The minimum absolute atomic E-state index is 0.397. The lowest BCUT2D eigenvalue weighted by Crippen LogP contribution is -2.10. The van der Waals surface area contributed by atoms with E-state index in [-0.39, 0.29) is 0 Å². The van der Waals surface area contributed by atoms with Crippen LogP contribution in [-0.2, 0) is 0 Å². The fourth-order valence-electron chi connectivity index (χ4n) is 1.20. The van der Waals surface area contributed by atoms with E-state index in [0.29, 0.717) is 5.56 Å². The molecule has 0 aliphatic carbocycles. The van der Waals surface area contributed by atoms with Crippen LogP contribution in [0.4, 0.5) is 0 Å². The van der Waals surface area contributed by atoms with Gasteiger partial charge in [-0.3, -0.25) is 4.79 Å². The Bertz CT molecular complexity index is 431. The van der Waals surface area contributed by atoms with Crippen LogP contribution in [0.25, 0.3) is 10.9 Å². The van der Waals surface area contributed by atoms with E-state index in [9.17, 15) is 4.79 Å². The van der Waals surface area contributed by atoms with Gasteiger partial charge in [0, 0.05) is 17.3 Å². The topological polar surface area (TPSA) is 58.9 Å². The normalized spacial score (nSPS) is 10.3. The third-order valence-electron chi connectivity index (χ3n) is 1.84. The first-order chi connectivity index (χ1) is 5.77. The first-order valence-electron chi connectivity index (χ1n) is 3.64. The van der Waals surface area contributed by atoms with Crippen molar-refractivity contribution in [2.24, 2.45) is 5.73 Å². The molecule has 0 bridgehead atoms. The fourth-order valence-corrected chi connectivity index (χ4v) is 1.20. The average molecular weight is 160 g/mol. The van der Waals surface area contributed by atoms with E-state index in [2.05, 4.69) is 4.98 Å². The Morgan fingerprint density at radius 1 is 1.33 bits per heavy atom. The number of carbonyl (C=O) groups is 1. The SMILES string of the molecule is NC(=O)c1ccc2cc[nH]c2c1. The van der Waals surface area contributed by atoms with Crippen molar-refractivity contribution in [1.82, 2.24) is 4.98 Å². The zero-order valence-corrected chi connectivity index (χ0v) is 6.37. The minimum atomic E-state index is -0.397. The van der Waals surface area contributed by atoms with Crippen LogP contribution in [0.3, 0.4) is 0 Å². The van der Waals surface area contributed by atoms with E-state index in [1.165, 1.54) is 0 Å². The number of carbonyl (C=O) groups excluding carboxylic acids is 1. The van der Waals surface area contributed by atoms with E-state index in [1.807, 2.05) is 18.3 Å². The maximum atomic E-state index is 10.8. The van der Waals surface area contributed by atoms with Gasteiger partial charge in [-0.05, 0) is 23.6 Å². The van der Waals surface area contributed by atoms with Crippen LogP contribution in [0.1, 0.15) is 10.4 Å². The second kappa shape index (κ2) is 2.37. The molecule has 0 fully saturated rings. The molecular weight excluding hydrogens is 152 g/mol. The van der Waals surface area contributed by atoms with E-state index < -0.39 is 5.91 Å². The van der Waals surface area contributed by atoms with Crippen LogP contribution in [0, 0.1) is 0 Å². The molecule has 1 aromatic heterocycles. The molecule has 1 heterocycles. The molecule has 0 radical (unpaired) electrons. The molecule has 0 saturated carbocycles. The number of benzene rings is 1. The number of nitrogens with two attached hydrogens (primary N) is 1. The number of fused-ring (bicyclic) bond motifs is 1. The maximum Gasteiger partial charge on any atom is 0.248 e. The van der Waals surface area contributed by atoms with Crippen LogP contribution in [0.5, 0.6) is 0 Å². The molecule has 3 heteroatoms. The molecule has 60 valence electrons. The van der Waals surface area contributed by atoms with Gasteiger partial charge in [0.25, 0.3) is 0 Å². The van der Waals surface area contributed by atoms with Gasteiger partial charge in [0.05, 0.1) is 0 Å². The Balaban J connectivity index is 2.68. The van der Waals surface area contributed by atoms with Crippen LogP contribution in [-0.4, -0.2) is 10.9 Å². The van der Waals surface area contributed by atoms with Crippen molar-refractivity contribution in [2.75, 3.05) is 0 Å². The number of aromatic amines is 1. The molecule has 0 saturated heterocycles. The molecule has 0 unspecified atom stereocenters. The summed E-state index contributed by atoms with van der Waals surface area (Å²) >= 11 is 0. The van der Waals surface area contributed by atoms with Gasteiger partial charge < -0.3 is 10.7 Å². The highest BCUT2D eigenvalue weighted by Gasteiger charge is 2.00. The molecule has 0 spiro atoms. The first kappa shape index (κ1) is 6.91. The van der Waals surface area contributed by atoms with Gasteiger partial charge in [-0.2, -0.15) is 0 Å². The molecule has 0 atom stereocenters. The van der Waals surface area contributed by atoms with Gasteiger partial charge >= 0.3 is 0 Å². The highest BCUT2D eigenvalue weighted by atomic mass is 16.1. The second-order valence-corrected chi connectivity index (χ2v) is 2.64. The zero-order chi connectivity index (χ0) is 8.55. The fraction of sp³-hybridized carbons (Fsp3) is 0. The van der Waals surface area contributed by atoms with Crippen molar-refractivity contribution in [3.05, 3.63) is 36.0 Å². The van der Waals surface area contributed by atoms with Crippen molar-refractivity contribution in [1.29, 1.82) is 0 Å². The Hall–Kier alpha value is -1.77. The van der Waals surface area contributed by atoms with Crippen molar-refractivity contribution >= 4 is 16.8 Å². The number of H-pyrrole nitrogens is 1. The average Bonchev–Trinajstić information content (AvgIpc) is 2.49. The predicted octanol–water partition coefficient (Wildman–Crippen LogP) is 1.27. The van der Waals surface area contributed by atoms with Gasteiger partial charge in [0.1, 0.15) is 0 Å². The molecule has 1 amide bonds. The Labute approximate surface area is 69.2 Å². The third-order valence-corrected chi connectivity index (χ3v) is 1.84. The number of amides is 1. The number of aromatic nitrogens is 1. The standard InChI is InChI=1S/C9H8N2O/c10-9(12)7-2-1-6-3-4-11-8(6)5-7/h1-5,11H,(H2,10,12). The second-order valence-electron chi connectivity index (χ2n) is 2.64. The van der Waals surface area contributed by atoms with Crippen molar-refractivity contribution < 1.29 is 4.79 Å². The molecule has 1 aromatic carbocycles. The number of rotatable bonds is 1. The lowest BCUT2D eigenvalue weighted by molar-refractivity contribution is 0.100. The summed E-state index contributed by atoms with van der Waals surface area (Å²) in [5, 5.41) is 1.08. The third kappa shape index (κ3) is 0.955. The Morgan fingerprint density at radius 2 is 2.17 bits per heavy atom. The minimum Gasteiger partial charge on any atom is -0.366 e. The lowest BCUT2D eigenvalue weighted by Gasteiger charge is -1.94. The van der Waals surface area contributed by atoms with Crippen molar-refractivity contribution in [3.8, 4) is 0 Å². The lowest BCUT2D eigenvalue weighted by atomic mass is 10.1. The van der Waals surface area contributed by atoms with Crippen molar-refractivity contribution in [3.63, 3.8) is 0 Å². The summed E-state index contributed by atoms with van der Waals surface area (Å²) in [6.45, 7) is 0. The van der Waals surface area contributed by atoms with E-state index in [4.69, 9.17) is 5.73 Å². The monoisotopic (exact) mass is 160 g/mol. The van der Waals surface area contributed by atoms with Crippen molar-refractivity contribution in [2.45, 2.75) is 0 Å². The van der Waals surface area contributed by atoms with E-state index in [1.54, 1.807) is 12.1 Å². The van der Waals surface area contributed by atoms with Gasteiger partial charge in [-0.1, -0.05) is 6.07 Å². The highest BCUT2D eigenvalue weighted by Crippen LogP contribution is 2.13. The summed E-state index contributed by atoms with van der Waals surface area (Å²) in [7, 11) is 0. The van der Waals surface area contributed by atoms with E-state index >= 15 is 0 Å². The number of primary amides is 1. The molecule has 2 aromatic rings. The number of hydrogen-bond acceptors (Lipinski definition) is 1. The maximum absolute atomic E-state index is 10.8. The summed E-state index contributed by atoms with van der Waals surface area (Å²) in [5.74, 6) is -0.397. The summed E-state index contributed by atoms with van der Waals surface area (Å²) in [5.41, 5.74) is 6.59. The van der Waals surface area contributed by atoms with Crippen LogP contribution >= 0.6 is 0 Å². The first-order valence-corrected chi connectivity index (χ1v) is 3.64. The molecule has 3 N–H and O–H groups in total. The van der Waals surface area contributed by atoms with Crippen LogP contribution in [0.2, 0.25) is 0 Å². The molecule has 12 heavy (non-hydrogen) atoms. The van der Waals surface area contributed by atoms with Gasteiger partial charge in [0.2, 0.25) is 5.91 Å². The summed E-state index contributed by atoms with van der Waals surface area (Å²) < 4.78 is 0.